The van der Waals surface area contributed by atoms with E-state index in [1.54, 1.807) is 18.9 Å². The molecule has 1 amide bonds. The summed E-state index contributed by atoms with van der Waals surface area (Å²) in [7, 11) is 1.66. The smallest absolute Gasteiger partial charge is 0.235 e. The molecule has 0 saturated heterocycles. The van der Waals surface area contributed by atoms with Crippen molar-refractivity contribution in [1.82, 2.24) is 9.78 Å². The van der Waals surface area contributed by atoms with E-state index in [1.165, 1.54) is 0 Å². The van der Waals surface area contributed by atoms with Crippen LogP contribution in [0.25, 0.3) is 5.69 Å². The minimum Gasteiger partial charge on any atom is -0.497 e. The molecule has 2 aromatic carbocycles. The van der Waals surface area contributed by atoms with Crippen LogP contribution in [0, 0.1) is 6.92 Å². The number of aromatic nitrogens is 2. The number of carbonyl (C=O) groups excluding carboxylic acids is 1. The van der Waals surface area contributed by atoms with Gasteiger partial charge < -0.3 is 10.1 Å². The van der Waals surface area contributed by atoms with E-state index in [0.29, 0.717) is 5.75 Å². The Morgan fingerprint density at radius 3 is 2.58 bits per heavy atom. The van der Waals surface area contributed by atoms with Crippen molar-refractivity contribution >= 4 is 23.5 Å². The number of ether oxygens (including phenoxy) is 1. The standard InChI is InChI=1S/C20H19N3O2S/c1-13-18-19(14-8-10-16(25-2)11-9-14)26-12-17(24)21-20(18)23(22-13)15-6-4-3-5-7-15/h3-11,19H,12H2,1-2H3,(H,21,24). The predicted molar refractivity (Wildman–Crippen MR) is 104 cm³/mol. The number of para-hydroxylation sites is 1. The van der Waals surface area contributed by atoms with E-state index in [9.17, 15) is 4.79 Å². The fraction of sp³-hybridized carbons (Fsp3) is 0.200. The highest BCUT2D eigenvalue weighted by molar-refractivity contribution is 8.00. The summed E-state index contributed by atoms with van der Waals surface area (Å²) in [6, 6.07) is 17.9. The van der Waals surface area contributed by atoms with Crippen LogP contribution in [0.1, 0.15) is 22.1 Å². The van der Waals surface area contributed by atoms with Gasteiger partial charge in [0, 0.05) is 5.56 Å². The van der Waals surface area contributed by atoms with Crippen LogP contribution in [0.2, 0.25) is 0 Å². The molecule has 0 saturated carbocycles. The maximum absolute atomic E-state index is 12.3. The Balaban J connectivity index is 1.85. The molecule has 0 spiro atoms. The number of nitrogens with one attached hydrogen (secondary N) is 1. The number of aryl methyl sites for hydroxylation is 1. The molecule has 6 heteroatoms. The molecule has 1 N–H and O–H groups in total. The van der Waals surface area contributed by atoms with E-state index in [1.807, 2.05) is 54.1 Å². The molecular formula is C20H19N3O2S. The zero-order chi connectivity index (χ0) is 18.1. The van der Waals surface area contributed by atoms with Crippen molar-refractivity contribution in [2.75, 3.05) is 18.2 Å². The molecule has 1 aliphatic rings. The van der Waals surface area contributed by atoms with Crippen molar-refractivity contribution in [3.8, 4) is 11.4 Å². The molecule has 0 fully saturated rings. The molecule has 1 unspecified atom stereocenters. The number of carbonyl (C=O) groups is 1. The van der Waals surface area contributed by atoms with Gasteiger partial charge in [0.25, 0.3) is 0 Å². The average molecular weight is 365 g/mol. The number of hydrogen-bond acceptors (Lipinski definition) is 4. The number of thioether (sulfide) groups is 1. The van der Waals surface area contributed by atoms with Crippen LogP contribution in [-0.4, -0.2) is 28.6 Å². The van der Waals surface area contributed by atoms with Crippen LogP contribution in [-0.2, 0) is 4.79 Å². The summed E-state index contributed by atoms with van der Waals surface area (Å²) >= 11 is 1.62. The predicted octanol–water partition coefficient (Wildman–Crippen LogP) is 3.96. The van der Waals surface area contributed by atoms with E-state index in [-0.39, 0.29) is 11.2 Å². The van der Waals surface area contributed by atoms with Gasteiger partial charge in [-0.2, -0.15) is 5.10 Å². The van der Waals surface area contributed by atoms with Crippen LogP contribution < -0.4 is 10.1 Å². The molecule has 0 aliphatic carbocycles. The Labute approximate surface area is 156 Å². The first-order chi connectivity index (χ1) is 12.7. The van der Waals surface area contributed by atoms with Gasteiger partial charge in [0.05, 0.1) is 29.5 Å². The second-order valence-corrected chi connectivity index (χ2v) is 7.20. The number of amides is 1. The molecule has 0 bridgehead atoms. The number of nitrogens with zero attached hydrogens (tertiary/aromatic N) is 2. The summed E-state index contributed by atoms with van der Waals surface area (Å²) in [6.07, 6.45) is 0. The molecule has 1 atom stereocenters. The lowest BCUT2D eigenvalue weighted by Gasteiger charge is -2.15. The fourth-order valence-electron chi connectivity index (χ4n) is 3.18. The molecule has 4 rings (SSSR count). The van der Waals surface area contributed by atoms with E-state index >= 15 is 0 Å². The summed E-state index contributed by atoms with van der Waals surface area (Å²) in [5.74, 6) is 1.96. The van der Waals surface area contributed by atoms with Crippen LogP contribution in [0.5, 0.6) is 5.75 Å². The lowest BCUT2D eigenvalue weighted by Crippen LogP contribution is -2.15. The summed E-state index contributed by atoms with van der Waals surface area (Å²) in [5.41, 5.74) is 4.02. The lowest BCUT2D eigenvalue weighted by atomic mass is 10.0. The summed E-state index contributed by atoms with van der Waals surface area (Å²) in [4.78, 5) is 12.3. The number of fused-ring (bicyclic) bond motifs is 1. The molecule has 2 heterocycles. The molecule has 3 aromatic rings. The van der Waals surface area contributed by atoms with Crippen molar-refractivity contribution in [2.24, 2.45) is 0 Å². The third-order valence-corrected chi connectivity index (χ3v) is 5.70. The van der Waals surface area contributed by atoms with Gasteiger partial charge >= 0.3 is 0 Å². The lowest BCUT2D eigenvalue weighted by molar-refractivity contribution is -0.113. The molecule has 5 nitrogen and oxygen atoms in total. The van der Waals surface area contributed by atoms with Crippen molar-refractivity contribution < 1.29 is 9.53 Å². The molecule has 26 heavy (non-hydrogen) atoms. The zero-order valence-electron chi connectivity index (χ0n) is 14.6. The van der Waals surface area contributed by atoms with Gasteiger partial charge in [0.15, 0.2) is 0 Å². The highest BCUT2D eigenvalue weighted by Crippen LogP contribution is 2.44. The maximum atomic E-state index is 12.3. The van der Waals surface area contributed by atoms with E-state index in [2.05, 4.69) is 17.4 Å². The van der Waals surface area contributed by atoms with Crippen LogP contribution >= 0.6 is 11.8 Å². The maximum Gasteiger partial charge on any atom is 0.235 e. The second kappa shape index (κ2) is 6.88. The molecule has 1 aromatic heterocycles. The second-order valence-electron chi connectivity index (χ2n) is 6.11. The quantitative estimate of drug-likeness (QED) is 0.763. The zero-order valence-corrected chi connectivity index (χ0v) is 15.4. The van der Waals surface area contributed by atoms with Crippen molar-refractivity contribution in [3.05, 3.63) is 71.4 Å². The summed E-state index contributed by atoms with van der Waals surface area (Å²) in [6.45, 7) is 1.99. The third kappa shape index (κ3) is 2.97. The fourth-order valence-corrected chi connectivity index (χ4v) is 4.37. The van der Waals surface area contributed by atoms with E-state index in [0.717, 1.165) is 34.1 Å². The number of hydrogen-bond donors (Lipinski definition) is 1. The molecule has 0 radical (unpaired) electrons. The average Bonchev–Trinajstić information content (AvgIpc) is 2.88. The van der Waals surface area contributed by atoms with Gasteiger partial charge in [0.1, 0.15) is 11.6 Å². The first-order valence-corrected chi connectivity index (χ1v) is 9.42. The van der Waals surface area contributed by atoms with Gasteiger partial charge in [0.2, 0.25) is 5.91 Å². The monoisotopic (exact) mass is 365 g/mol. The molecule has 132 valence electrons. The Hall–Kier alpha value is -2.73. The number of benzene rings is 2. The number of anilines is 1. The van der Waals surface area contributed by atoms with Gasteiger partial charge in [-0.1, -0.05) is 30.3 Å². The largest absolute Gasteiger partial charge is 0.497 e. The van der Waals surface area contributed by atoms with Crippen molar-refractivity contribution in [3.63, 3.8) is 0 Å². The first kappa shape index (κ1) is 16.7. The van der Waals surface area contributed by atoms with Gasteiger partial charge in [-0.3, -0.25) is 4.79 Å². The van der Waals surface area contributed by atoms with Crippen molar-refractivity contribution in [1.29, 1.82) is 0 Å². The van der Waals surface area contributed by atoms with Crippen LogP contribution in [0.3, 0.4) is 0 Å². The number of rotatable bonds is 3. The van der Waals surface area contributed by atoms with Gasteiger partial charge in [-0.15, -0.1) is 11.8 Å². The Morgan fingerprint density at radius 1 is 1.15 bits per heavy atom. The highest BCUT2D eigenvalue weighted by atomic mass is 32.2. The number of methoxy groups -OCH3 is 1. The molecule has 1 aliphatic heterocycles. The Morgan fingerprint density at radius 2 is 1.88 bits per heavy atom. The highest BCUT2D eigenvalue weighted by Gasteiger charge is 2.30. The third-order valence-electron chi connectivity index (χ3n) is 4.43. The Bertz CT molecular complexity index is 936. The van der Waals surface area contributed by atoms with Crippen LogP contribution in [0.4, 0.5) is 5.82 Å². The van der Waals surface area contributed by atoms with Gasteiger partial charge in [-0.25, -0.2) is 4.68 Å². The van der Waals surface area contributed by atoms with E-state index in [4.69, 9.17) is 9.84 Å². The summed E-state index contributed by atoms with van der Waals surface area (Å²) < 4.78 is 7.09. The van der Waals surface area contributed by atoms with E-state index < -0.39 is 0 Å². The van der Waals surface area contributed by atoms with Crippen LogP contribution in [0.15, 0.2) is 54.6 Å². The first-order valence-electron chi connectivity index (χ1n) is 8.37. The minimum absolute atomic E-state index is 0.00987. The van der Waals surface area contributed by atoms with Crippen molar-refractivity contribution in [2.45, 2.75) is 12.2 Å². The normalized spacial score (nSPS) is 16.5. The topological polar surface area (TPSA) is 56.1 Å². The minimum atomic E-state index is -0.00987. The molecular weight excluding hydrogens is 346 g/mol. The van der Waals surface area contributed by atoms with Gasteiger partial charge in [-0.05, 0) is 36.8 Å². The Kier molecular flexibility index (Phi) is 4.42. The summed E-state index contributed by atoms with van der Waals surface area (Å²) in [5, 5.41) is 7.80. The SMILES string of the molecule is COc1ccc(C2SCC(=O)Nc3c2c(C)nn3-c2ccccc2)cc1.